The second-order valence-corrected chi connectivity index (χ2v) is 3.64. The number of anilines is 1. The monoisotopic (exact) mass is 192 g/mol. The van der Waals surface area contributed by atoms with Crippen LogP contribution in [-0.2, 0) is 0 Å². The molecule has 0 bridgehead atoms. The summed E-state index contributed by atoms with van der Waals surface area (Å²) in [6.45, 7) is 2.16. The first-order valence-electron chi connectivity index (χ1n) is 5.08. The predicted molar refractivity (Wildman–Crippen MR) is 56.3 cm³/mol. The van der Waals surface area contributed by atoms with Crippen molar-refractivity contribution in [2.24, 2.45) is 0 Å². The maximum atomic E-state index is 4.26. The zero-order valence-corrected chi connectivity index (χ0v) is 8.48. The van der Waals surface area contributed by atoms with Crippen molar-refractivity contribution in [3.05, 3.63) is 18.6 Å². The molecule has 1 saturated heterocycles. The second-order valence-electron chi connectivity index (χ2n) is 3.64. The number of nitrogens with zero attached hydrogens (tertiary/aromatic N) is 3. The lowest BCUT2D eigenvalue weighted by molar-refractivity contribution is 0.447. The Bertz CT molecular complexity index is 275. The van der Waals surface area contributed by atoms with Crippen molar-refractivity contribution in [1.82, 2.24) is 15.3 Å². The van der Waals surface area contributed by atoms with Gasteiger partial charge in [-0.3, -0.25) is 0 Å². The maximum Gasteiger partial charge on any atom is 0.131 e. The van der Waals surface area contributed by atoms with Gasteiger partial charge in [0.15, 0.2) is 0 Å². The highest BCUT2D eigenvalue weighted by atomic mass is 15.2. The van der Waals surface area contributed by atoms with Crippen LogP contribution in [0.25, 0.3) is 0 Å². The van der Waals surface area contributed by atoms with Crippen molar-refractivity contribution in [3.63, 3.8) is 0 Å². The Morgan fingerprint density at radius 1 is 1.57 bits per heavy atom. The molecule has 0 amide bonds. The van der Waals surface area contributed by atoms with E-state index in [1.807, 2.05) is 13.1 Å². The average molecular weight is 192 g/mol. The molecule has 1 aromatic rings. The molecule has 0 spiro atoms. The van der Waals surface area contributed by atoms with Gasteiger partial charge in [-0.15, -0.1) is 0 Å². The summed E-state index contributed by atoms with van der Waals surface area (Å²) in [6, 6.07) is 2.57. The van der Waals surface area contributed by atoms with Gasteiger partial charge in [-0.2, -0.15) is 0 Å². The Kier molecular flexibility index (Phi) is 2.93. The first-order chi connectivity index (χ1) is 6.90. The minimum absolute atomic E-state index is 0.596. The van der Waals surface area contributed by atoms with Gasteiger partial charge < -0.3 is 10.2 Å². The summed E-state index contributed by atoms with van der Waals surface area (Å²) in [5.41, 5.74) is 0. The van der Waals surface area contributed by atoms with Gasteiger partial charge in [-0.05, 0) is 26.0 Å². The highest BCUT2D eigenvalue weighted by molar-refractivity contribution is 5.37. The van der Waals surface area contributed by atoms with Crippen molar-refractivity contribution in [3.8, 4) is 0 Å². The molecule has 1 fully saturated rings. The zero-order chi connectivity index (χ0) is 9.80. The molecule has 2 heterocycles. The minimum atomic E-state index is 0.596. The van der Waals surface area contributed by atoms with E-state index in [1.54, 1.807) is 12.5 Å². The van der Waals surface area contributed by atoms with Gasteiger partial charge in [0.2, 0.25) is 0 Å². The third kappa shape index (κ3) is 2.01. The van der Waals surface area contributed by atoms with Crippen LogP contribution < -0.4 is 10.2 Å². The summed E-state index contributed by atoms with van der Waals surface area (Å²) < 4.78 is 0. The highest BCUT2D eigenvalue weighted by Gasteiger charge is 2.18. The van der Waals surface area contributed by atoms with Crippen LogP contribution in [-0.4, -0.2) is 36.1 Å². The van der Waals surface area contributed by atoms with Crippen molar-refractivity contribution in [1.29, 1.82) is 0 Å². The smallest absolute Gasteiger partial charge is 0.131 e. The van der Waals surface area contributed by atoms with E-state index in [-0.39, 0.29) is 0 Å². The van der Waals surface area contributed by atoms with E-state index in [4.69, 9.17) is 0 Å². The Hall–Kier alpha value is -1.16. The quantitative estimate of drug-likeness (QED) is 0.747. The molecule has 4 heteroatoms. The summed E-state index contributed by atoms with van der Waals surface area (Å²) in [7, 11) is 2.02. The Balaban J connectivity index is 2.04. The number of hydrogen-bond donors (Lipinski definition) is 1. The molecular weight excluding hydrogens is 176 g/mol. The van der Waals surface area contributed by atoms with Crippen LogP contribution in [0, 0.1) is 0 Å². The average Bonchev–Trinajstić information content (AvgIpc) is 2.30. The third-order valence-corrected chi connectivity index (χ3v) is 2.72. The standard InChI is InChI=1S/C10H16N4/c1-11-9-3-2-6-14(7-9)10-4-5-12-8-13-10/h4-5,8-9,11H,2-3,6-7H2,1H3. The molecule has 1 unspecified atom stereocenters. The van der Waals surface area contributed by atoms with Gasteiger partial charge in [0, 0.05) is 25.3 Å². The van der Waals surface area contributed by atoms with Crippen LogP contribution in [0.15, 0.2) is 18.6 Å². The lowest BCUT2D eigenvalue weighted by Gasteiger charge is -2.33. The van der Waals surface area contributed by atoms with Gasteiger partial charge in [-0.25, -0.2) is 9.97 Å². The molecule has 0 radical (unpaired) electrons. The fourth-order valence-corrected chi connectivity index (χ4v) is 1.89. The van der Waals surface area contributed by atoms with Crippen molar-refractivity contribution in [2.45, 2.75) is 18.9 Å². The first-order valence-corrected chi connectivity index (χ1v) is 5.08. The van der Waals surface area contributed by atoms with E-state index < -0.39 is 0 Å². The molecule has 2 rings (SSSR count). The molecule has 1 aromatic heterocycles. The SMILES string of the molecule is CNC1CCCN(c2ccncn2)C1. The summed E-state index contributed by atoms with van der Waals surface area (Å²) in [4.78, 5) is 10.5. The molecule has 4 nitrogen and oxygen atoms in total. The van der Waals surface area contributed by atoms with E-state index in [2.05, 4.69) is 20.2 Å². The van der Waals surface area contributed by atoms with Crippen LogP contribution in [0.4, 0.5) is 5.82 Å². The molecule has 76 valence electrons. The van der Waals surface area contributed by atoms with E-state index in [0.717, 1.165) is 18.9 Å². The first kappa shape index (κ1) is 9.40. The molecule has 0 saturated carbocycles. The Morgan fingerprint density at radius 3 is 3.21 bits per heavy atom. The largest absolute Gasteiger partial charge is 0.355 e. The fraction of sp³-hybridized carbons (Fsp3) is 0.600. The summed E-state index contributed by atoms with van der Waals surface area (Å²) in [6.07, 6.45) is 5.90. The second kappa shape index (κ2) is 4.37. The number of piperidine rings is 1. The van der Waals surface area contributed by atoms with Crippen LogP contribution in [0.1, 0.15) is 12.8 Å². The highest BCUT2D eigenvalue weighted by Crippen LogP contribution is 2.16. The van der Waals surface area contributed by atoms with Gasteiger partial charge in [0.05, 0.1) is 0 Å². The van der Waals surface area contributed by atoms with E-state index in [1.165, 1.54) is 12.8 Å². The van der Waals surface area contributed by atoms with Gasteiger partial charge in [0.1, 0.15) is 12.1 Å². The molecule has 14 heavy (non-hydrogen) atoms. The van der Waals surface area contributed by atoms with E-state index in [0.29, 0.717) is 6.04 Å². The Labute approximate surface area is 84.4 Å². The van der Waals surface area contributed by atoms with E-state index in [9.17, 15) is 0 Å². The number of likely N-dealkylation sites (N-methyl/N-ethyl adjacent to an activating group) is 1. The van der Waals surface area contributed by atoms with E-state index >= 15 is 0 Å². The summed E-state index contributed by atoms with van der Waals surface area (Å²) >= 11 is 0. The number of hydrogen-bond acceptors (Lipinski definition) is 4. The number of nitrogens with one attached hydrogen (secondary N) is 1. The van der Waals surface area contributed by atoms with Crippen LogP contribution in [0.5, 0.6) is 0 Å². The Morgan fingerprint density at radius 2 is 2.50 bits per heavy atom. The molecule has 1 atom stereocenters. The fourth-order valence-electron chi connectivity index (χ4n) is 1.89. The lowest BCUT2D eigenvalue weighted by atomic mass is 10.1. The summed E-state index contributed by atoms with van der Waals surface area (Å²) in [5.74, 6) is 1.04. The normalized spacial score (nSPS) is 22.4. The third-order valence-electron chi connectivity index (χ3n) is 2.72. The van der Waals surface area contributed by atoms with Crippen molar-refractivity contribution in [2.75, 3.05) is 25.0 Å². The number of aromatic nitrogens is 2. The van der Waals surface area contributed by atoms with Crippen LogP contribution in [0.2, 0.25) is 0 Å². The molecule has 1 aliphatic rings. The predicted octanol–water partition coefficient (Wildman–Crippen LogP) is 0.665. The summed E-state index contributed by atoms with van der Waals surface area (Å²) in [5, 5.41) is 3.32. The van der Waals surface area contributed by atoms with Gasteiger partial charge in [-0.1, -0.05) is 0 Å². The molecular formula is C10H16N4. The number of rotatable bonds is 2. The molecule has 1 aliphatic heterocycles. The molecule has 0 aliphatic carbocycles. The van der Waals surface area contributed by atoms with Crippen molar-refractivity contribution < 1.29 is 0 Å². The zero-order valence-electron chi connectivity index (χ0n) is 8.48. The lowest BCUT2D eigenvalue weighted by Crippen LogP contribution is -2.44. The van der Waals surface area contributed by atoms with Crippen LogP contribution >= 0.6 is 0 Å². The van der Waals surface area contributed by atoms with Gasteiger partial charge >= 0.3 is 0 Å². The maximum absolute atomic E-state index is 4.26. The molecule has 0 aromatic carbocycles. The van der Waals surface area contributed by atoms with Crippen molar-refractivity contribution >= 4 is 5.82 Å². The van der Waals surface area contributed by atoms with Crippen LogP contribution in [0.3, 0.4) is 0 Å². The topological polar surface area (TPSA) is 41.0 Å². The van der Waals surface area contributed by atoms with Gasteiger partial charge in [0.25, 0.3) is 0 Å². The minimum Gasteiger partial charge on any atom is -0.355 e. The molecule has 1 N–H and O–H groups in total.